The Morgan fingerprint density at radius 2 is 2.18 bits per heavy atom. The van der Waals surface area contributed by atoms with Gasteiger partial charge in [0.15, 0.2) is 5.78 Å². The van der Waals surface area contributed by atoms with Crippen LogP contribution in [0.2, 0.25) is 0 Å². The number of carbonyl (C=O) groups is 2. The second-order valence-electron chi connectivity index (χ2n) is 7.47. The average Bonchev–Trinajstić information content (AvgIpc) is 2.69. The summed E-state index contributed by atoms with van der Waals surface area (Å²) in [5, 5.41) is 2.87. The van der Waals surface area contributed by atoms with Gasteiger partial charge in [0.25, 0.3) is 0 Å². The molecule has 1 amide bonds. The van der Waals surface area contributed by atoms with Gasteiger partial charge in [0.1, 0.15) is 0 Å². The molecule has 1 rings (SSSR count). The zero-order valence-corrected chi connectivity index (χ0v) is 18.4. The van der Waals surface area contributed by atoms with Crippen molar-refractivity contribution in [3.8, 4) is 0 Å². The zero-order chi connectivity index (χ0) is 20.8. The maximum Gasteiger partial charge on any atom is 0.220 e. The molecule has 28 heavy (non-hydrogen) atoms. The van der Waals surface area contributed by atoms with Gasteiger partial charge in [-0.25, -0.2) is 0 Å². The number of hydrogen-bond donors (Lipinski definition) is 1. The van der Waals surface area contributed by atoms with Crippen LogP contribution in [-0.4, -0.2) is 31.4 Å². The predicted molar refractivity (Wildman–Crippen MR) is 116 cm³/mol. The Balaban J connectivity index is 2.30. The van der Waals surface area contributed by atoms with E-state index in [1.165, 1.54) is 24.8 Å². The van der Waals surface area contributed by atoms with Crippen molar-refractivity contribution >= 4 is 23.3 Å². The van der Waals surface area contributed by atoms with Crippen LogP contribution < -0.4 is 5.32 Å². The van der Waals surface area contributed by atoms with Crippen molar-refractivity contribution < 1.29 is 14.3 Å². The fraction of sp³-hybridized carbons (Fsp3) is 0.652. The first-order valence-corrected chi connectivity index (χ1v) is 11.0. The summed E-state index contributed by atoms with van der Waals surface area (Å²) in [5.41, 5.74) is 2.76. The summed E-state index contributed by atoms with van der Waals surface area (Å²) >= 11 is 5.90. The summed E-state index contributed by atoms with van der Waals surface area (Å²) < 4.78 is 5.49. The van der Waals surface area contributed by atoms with Gasteiger partial charge in [-0.15, -0.1) is 0 Å². The first kappa shape index (κ1) is 24.6. The lowest BCUT2D eigenvalue weighted by Gasteiger charge is -2.20. The van der Waals surface area contributed by atoms with Crippen LogP contribution in [0.5, 0.6) is 0 Å². The Morgan fingerprint density at radius 3 is 2.86 bits per heavy atom. The highest BCUT2D eigenvalue weighted by atomic mass is 35.5. The second-order valence-corrected chi connectivity index (χ2v) is 7.69. The van der Waals surface area contributed by atoms with Crippen molar-refractivity contribution in [1.82, 2.24) is 5.32 Å². The number of allylic oxidation sites excluding steroid dienone is 2. The molecular formula is C23H36ClNO3. The maximum atomic E-state index is 12.3. The molecule has 158 valence electrons. The molecule has 0 bridgehead atoms. The number of hydrogen-bond acceptors (Lipinski definition) is 3. The minimum Gasteiger partial charge on any atom is -0.381 e. The summed E-state index contributed by atoms with van der Waals surface area (Å²) in [6.45, 7) is 4.42. The van der Waals surface area contributed by atoms with Gasteiger partial charge in [0.05, 0.1) is 6.10 Å². The van der Waals surface area contributed by atoms with Crippen LogP contribution in [0.1, 0.15) is 71.6 Å². The van der Waals surface area contributed by atoms with E-state index < -0.39 is 0 Å². The van der Waals surface area contributed by atoms with Gasteiger partial charge in [-0.1, -0.05) is 62.9 Å². The van der Waals surface area contributed by atoms with E-state index in [1.54, 1.807) is 7.11 Å². The molecule has 0 fully saturated rings. The van der Waals surface area contributed by atoms with Crippen molar-refractivity contribution in [2.24, 2.45) is 5.92 Å². The lowest BCUT2D eigenvalue weighted by molar-refractivity contribution is -0.121. The van der Waals surface area contributed by atoms with Crippen LogP contribution in [0.3, 0.4) is 0 Å². The summed E-state index contributed by atoms with van der Waals surface area (Å²) in [6.07, 6.45) is 14.8. The molecule has 0 heterocycles. The Labute approximate surface area is 175 Å². The molecular weight excluding hydrogens is 374 g/mol. The van der Waals surface area contributed by atoms with E-state index in [2.05, 4.69) is 18.3 Å². The zero-order valence-electron chi connectivity index (χ0n) is 17.6. The van der Waals surface area contributed by atoms with E-state index in [-0.39, 0.29) is 23.7 Å². The van der Waals surface area contributed by atoms with Gasteiger partial charge in [-0.3, -0.25) is 9.59 Å². The summed E-state index contributed by atoms with van der Waals surface area (Å²) in [6, 6.07) is 0. The summed E-state index contributed by atoms with van der Waals surface area (Å²) in [5.74, 6) is 0.0936. The Morgan fingerprint density at radius 1 is 1.39 bits per heavy atom. The molecule has 0 saturated carbocycles. The van der Waals surface area contributed by atoms with Gasteiger partial charge < -0.3 is 10.1 Å². The van der Waals surface area contributed by atoms with Gasteiger partial charge in [-0.05, 0) is 37.7 Å². The lowest BCUT2D eigenvalue weighted by Crippen LogP contribution is -2.28. The molecule has 2 atom stereocenters. The largest absolute Gasteiger partial charge is 0.381 e. The number of Topliss-reactive ketones (excluding diaryl/α,β-unsaturated/α-hetero) is 1. The first-order valence-electron chi connectivity index (χ1n) is 10.5. The number of unbranched alkanes of at least 4 members (excludes halogenated alkanes) is 2. The Bertz CT molecular complexity index is 580. The third-order valence-corrected chi connectivity index (χ3v) is 5.44. The fourth-order valence-electron chi connectivity index (χ4n) is 3.27. The van der Waals surface area contributed by atoms with Crippen LogP contribution >= 0.6 is 11.6 Å². The topological polar surface area (TPSA) is 55.4 Å². The SMILES string of the molecule is CCCCCC(CC=CCCC(=O)NCC(=CCl)C1=CCCC(C)C1=O)OC. The molecule has 0 aromatic heterocycles. The van der Waals surface area contributed by atoms with Gasteiger partial charge in [-0.2, -0.15) is 0 Å². The van der Waals surface area contributed by atoms with Crippen LogP contribution in [0.25, 0.3) is 0 Å². The average molecular weight is 410 g/mol. The molecule has 0 aromatic carbocycles. The fourth-order valence-corrected chi connectivity index (χ4v) is 3.47. The standard InChI is InChI=1S/C23H36ClNO3/c1-4-5-7-12-20(28-3)13-8-6-9-15-22(26)25-17-19(16-24)21-14-10-11-18(2)23(21)27/h6,8,14,16,18,20H,4-5,7,9-13,15,17H2,1-3H3,(H,25,26). The maximum absolute atomic E-state index is 12.3. The summed E-state index contributed by atoms with van der Waals surface area (Å²) in [7, 11) is 1.76. The normalized spacial score (nSPS) is 19.0. The van der Waals surface area contributed by atoms with Crippen molar-refractivity contribution in [3.05, 3.63) is 34.9 Å². The highest BCUT2D eigenvalue weighted by Gasteiger charge is 2.23. The number of ketones is 1. The number of halogens is 1. The number of rotatable bonds is 13. The molecule has 5 heteroatoms. The van der Waals surface area contributed by atoms with Gasteiger partial charge in [0, 0.05) is 37.1 Å². The van der Waals surface area contributed by atoms with Crippen molar-refractivity contribution in [3.63, 3.8) is 0 Å². The van der Waals surface area contributed by atoms with Gasteiger partial charge >= 0.3 is 0 Å². The van der Waals surface area contributed by atoms with Crippen LogP contribution in [0, 0.1) is 5.92 Å². The van der Waals surface area contributed by atoms with Crippen molar-refractivity contribution in [2.75, 3.05) is 13.7 Å². The van der Waals surface area contributed by atoms with Gasteiger partial charge in [0.2, 0.25) is 5.91 Å². The third-order valence-electron chi connectivity index (χ3n) is 5.18. The molecule has 0 radical (unpaired) electrons. The molecule has 0 saturated heterocycles. The van der Waals surface area contributed by atoms with Crippen molar-refractivity contribution in [1.29, 1.82) is 0 Å². The van der Waals surface area contributed by atoms with E-state index >= 15 is 0 Å². The number of amides is 1. The van der Waals surface area contributed by atoms with E-state index in [9.17, 15) is 9.59 Å². The van der Waals surface area contributed by atoms with Crippen LogP contribution in [0.4, 0.5) is 0 Å². The van der Waals surface area contributed by atoms with E-state index in [4.69, 9.17) is 16.3 Å². The molecule has 0 spiro atoms. The molecule has 4 nitrogen and oxygen atoms in total. The molecule has 1 N–H and O–H groups in total. The van der Waals surface area contributed by atoms with Crippen molar-refractivity contribution in [2.45, 2.75) is 77.7 Å². The second kappa shape index (κ2) is 14.6. The predicted octanol–water partition coefficient (Wildman–Crippen LogP) is 5.47. The third kappa shape index (κ3) is 9.20. The lowest BCUT2D eigenvalue weighted by atomic mass is 9.85. The number of carbonyl (C=O) groups excluding carboxylic acids is 2. The molecule has 0 aliphatic heterocycles. The molecule has 1 aliphatic rings. The van der Waals surface area contributed by atoms with E-state index in [0.29, 0.717) is 30.5 Å². The molecule has 2 unspecified atom stereocenters. The number of nitrogens with one attached hydrogen (secondary N) is 1. The minimum atomic E-state index is -0.0381. The molecule has 1 aliphatic carbocycles. The Kier molecular flexibility index (Phi) is 12.8. The van der Waals surface area contributed by atoms with Crippen LogP contribution in [0.15, 0.2) is 34.9 Å². The minimum absolute atomic E-state index is 0.0188. The monoisotopic (exact) mass is 409 g/mol. The van der Waals surface area contributed by atoms with E-state index in [1.807, 2.05) is 19.1 Å². The van der Waals surface area contributed by atoms with Crippen LogP contribution in [-0.2, 0) is 14.3 Å². The smallest absolute Gasteiger partial charge is 0.220 e. The van der Waals surface area contributed by atoms with E-state index in [0.717, 1.165) is 25.7 Å². The number of methoxy groups -OCH3 is 1. The highest BCUT2D eigenvalue weighted by molar-refractivity contribution is 6.26. The summed E-state index contributed by atoms with van der Waals surface area (Å²) in [4.78, 5) is 24.4. The first-order chi connectivity index (χ1) is 13.5. The quantitative estimate of drug-likeness (QED) is 0.324. The Hall–Kier alpha value is -1.39. The molecule has 0 aromatic rings. The highest BCUT2D eigenvalue weighted by Crippen LogP contribution is 2.25. The number of ether oxygens (including phenoxy) is 1.